The number of benzene rings is 9. The van der Waals surface area contributed by atoms with E-state index in [0.717, 1.165) is 109 Å². The Hall–Kier alpha value is 2.76. The number of hydrogen-bond donors (Lipinski definition) is 0. The predicted molar refractivity (Wildman–Crippen MR) is 360 cm³/mol. The van der Waals surface area contributed by atoms with Gasteiger partial charge in [0.15, 0.2) is 0 Å². The molecule has 0 aliphatic carbocycles. The molecule has 0 aromatic heterocycles. The quantitative estimate of drug-likeness (QED) is 0.0437. The van der Waals surface area contributed by atoms with Crippen LogP contribution in [-0.2, 0) is 111 Å². The SMILES string of the molecule is O.O.O.O.O.O.O.O.O.O=S(=O)([O-])c1cccc(P(c2cccc(S(=O)(=O)[O-])c2)c2cccc(S(=O)(=O)[O-])c2)c1.O=S(=O)([O-])c1cccc(P(c2cccc(S(=O)(=O)[O-])c2)c2cccc(S(=O)(=O)[O-])c2)c1.O=S(=O)([O-])c1cccc(P(c2cccc(S(=O)(=O)[O-])c2)c2cccc(S(=O)(=O)[O-])c2)c1.[Na+].[Na+].[Na+].[Na+].[Na+].[Na+].[Na+].[Na+].[Na+].[Pd]. The van der Waals surface area contributed by atoms with Gasteiger partial charge in [0.1, 0.15) is 91.1 Å². The molecule has 112 heavy (non-hydrogen) atoms. The molecule has 0 saturated carbocycles. The van der Waals surface area contributed by atoms with Crippen molar-refractivity contribution >= 4 is 163 Å². The molecule has 0 atom stereocenters. The summed E-state index contributed by atoms with van der Waals surface area (Å²) in [5.41, 5.74) is 0. The van der Waals surface area contributed by atoms with Gasteiger partial charge < -0.3 is 90.3 Å². The van der Waals surface area contributed by atoms with Gasteiger partial charge in [-0.1, -0.05) is 109 Å². The van der Waals surface area contributed by atoms with Gasteiger partial charge in [-0.05, 0) is 181 Å². The van der Waals surface area contributed by atoms with E-state index in [9.17, 15) is 117 Å². The van der Waals surface area contributed by atoms with Crippen LogP contribution >= 0.6 is 23.8 Å². The van der Waals surface area contributed by atoms with E-state index in [0.29, 0.717) is 0 Å². The topological polar surface area (TPSA) is 798 Å². The fraction of sp³-hybridized carbons (Fsp3) is 0. The zero-order chi connectivity index (χ0) is 69.1. The van der Waals surface area contributed by atoms with E-state index >= 15 is 0 Å². The summed E-state index contributed by atoms with van der Waals surface area (Å²) in [4.78, 5) is -4.89. The third-order valence-electron chi connectivity index (χ3n) is 12.3. The van der Waals surface area contributed by atoms with Crippen LogP contribution < -0.4 is 314 Å². The second-order valence-corrected chi connectivity index (χ2v) is 37.6. The molecule has 9 aromatic rings. The van der Waals surface area contributed by atoms with E-state index in [-0.39, 0.29) is 383 Å². The van der Waals surface area contributed by atoms with E-state index in [1.165, 1.54) is 109 Å². The van der Waals surface area contributed by atoms with E-state index < -0.39 is 159 Å². The maximum absolute atomic E-state index is 11.5. The average molecular weight is 1970 g/mol. The van der Waals surface area contributed by atoms with Gasteiger partial charge in [-0.15, -0.1) is 0 Å². The second-order valence-electron chi connectivity index (χ2n) is 18.6. The summed E-state index contributed by atoms with van der Waals surface area (Å²) in [7, 11) is -48.9. The first-order valence-electron chi connectivity index (χ1n) is 24.7. The van der Waals surface area contributed by atoms with E-state index in [1.807, 2.05) is 0 Å². The summed E-state index contributed by atoms with van der Waals surface area (Å²) in [5, 5.41) is 2.32. The molecule has 9 aromatic carbocycles. The predicted octanol–water partition coefficient (Wildman–Crippen LogP) is -33.9. The van der Waals surface area contributed by atoms with E-state index in [4.69, 9.17) is 0 Å². The molecule has 58 heteroatoms. The van der Waals surface area contributed by atoms with Gasteiger partial charge >= 0.3 is 266 Å². The molecule has 0 aliphatic heterocycles. The first-order chi connectivity index (χ1) is 42.8. The van der Waals surface area contributed by atoms with E-state index in [1.54, 1.807) is 0 Å². The van der Waals surface area contributed by atoms with Gasteiger partial charge in [0.25, 0.3) is 0 Å². The number of rotatable bonds is 18. The van der Waals surface area contributed by atoms with Gasteiger partial charge in [0, 0.05) is 20.4 Å². The monoisotopic (exact) mass is 1970 g/mol. The van der Waals surface area contributed by atoms with Gasteiger partial charge in [-0.25, -0.2) is 75.8 Å². The van der Waals surface area contributed by atoms with Crippen LogP contribution in [0.1, 0.15) is 0 Å². The Balaban J connectivity index is -0.000000110. The van der Waals surface area contributed by atoms with Crippen molar-refractivity contribution in [2.45, 2.75) is 44.1 Å². The van der Waals surface area contributed by atoms with Crippen molar-refractivity contribution in [3.63, 3.8) is 0 Å². The maximum Gasteiger partial charge on any atom is 1.00 e. The van der Waals surface area contributed by atoms with Gasteiger partial charge in [0.2, 0.25) is 0 Å². The molecule has 0 unspecified atom stereocenters. The fourth-order valence-electron chi connectivity index (χ4n) is 8.34. The molecule has 0 amide bonds. The molecule has 0 spiro atoms. The second kappa shape index (κ2) is 59.6. The van der Waals surface area contributed by atoms with Crippen LogP contribution in [-0.4, -0.2) is 166 Å². The van der Waals surface area contributed by atoms with Crippen molar-refractivity contribution in [3.05, 3.63) is 218 Å². The molecule has 0 heterocycles. The van der Waals surface area contributed by atoms with Gasteiger partial charge in [0.05, 0.1) is 44.1 Å². The Morgan fingerprint density at radius 3 is 0.295 bits per heavy atom. The van der Waals surface area contributed by atoms with Crippen molar-refractivity contribution in [2.75, 3.05) is 0 Å². The third-order valence-corrected chi connectivity index (χ3v) is 26.9. The first-order valence-corrected chi connectivity index (χ1v) is 41.4. The van der Waals surface area contributed by atoms with Gasteiger partial charge in [-0.3, -0.25) is 0 Å². The summed E-state index contributed by atoms with van der Waals surface area (Å²) < 4.78 is 309. The van der Waals surface area contributed by atoms with Crippen LogP contribution in [0.2, 0.25) is 0 Å². The van der Waals surface area contributed by atoms with E-state index in [2.05, 4.69) is 0 Å². The summed E-state index contributed by atoms with van der Waals surface area (Å²) in [6, 6.07) is 44.5. The van der Waals surface area contributed by atoms with Crippen LogP contribution in [0.15, 0.2) is 262 Å². The zero-order valence-electron chi connectivity index (χ0n) is 59.6. The summed E-state index contributed by atoms with van der Waals surface area (Å²) in [6.45, 7) is 0. The molecule has 0 aliphatic rings. The van der Waals surface area contributed by atoms with Crippen LogP contribution in [0.5, 0.6) is 0 Å². The minimum absolute atomic E-state index is 0. The molecular formula is C54H54Na9O36P3PdS9. The normalized spacial score (nSPS) is 10.6. The molecule has 0 radical (unpaired) electrons. The number of hydrogen-bond acceptors (Lipinski definition) is 27. The van der Waals surface area contributed by atoms with Crippen LogP contribution in [0.4, 0.5) is 0 Å². The minimum atomic E-state index is -4.82. The van der Waals surface area contributed by atoms with Crippen molar-refractivity contribution in [3.8, 4) is 0 Å². The summed E-state index contributed by atoms with van der Waals surface area (Å²) in [6.07, 6.45) is 0. The Kier molecular flexibility index (Phi) is 76.3. The van der Waals surface area contributed by atoms with Crippen molar-refractivity contribution in [1.29, 1.82) is 0 Å². The van der Waals surface area contributed by atoms with Crippen LogP contribution in [0.25, 0.3) is 0 Å². The molecule has 36 nitrogen and oxygen atoms in total. The zero-order valence-corrected chi connectivity index (χ0v) is 89.2. The minimum Gasteiger partial charge on any atom is -0.744 e. The molecule has 574 valence electrons. The first kappa shape index (κ1) is 143. The standard InChI is InChI=1S/3C18H15O9PS3.9Na.9H2O.Pd/c3*19-29(20,21)16-7-1-4-13(10-16)28(14-5-2-8-17(11-14)30(22,23)24)15-6-3-9-18(12-15)31(25,26)27;;;;;;;;;;;;;;;;;;;/h3*1-12H,(H,19,20,21)(H,22,23,24)(H,25,26,27);;;;;;;;;;9*1H2;/q;;;9*+1;;;;;;;;;;/p-9. The molecule has 0 fully saturated rings. The van der Waals surface area contributed by atoms with Gasteiger partial charge in [-0.2, -0.15) is 0 Å². The van der Waals surface area contributed by atoms with Crippen LogP contribution in [0.3, 0.4) is 0 Å². The van der Waals surface area contributed by atoms with Crippen molar-refractivity contribution < 1.29 is 452 Å². The summed E-state index contributed by atoms with van der Waals surface area (Å²) >= 11 is 0. The molecule has 18 N–H and O–H groups in total. The van der Waals surface area contributed by atoms with Crippen molar-refractivity contribution in [1.82, 2.24) is 0 Å². The smallest absolute Gasteiger partial charge is 0.744 e. The maximum atomic E-state index is 11.5. The Morgan fingerprint density at radius 2 is 0.232 bits per heavy atom. The fourth-order valence-corrected chi connectivity index (χ4v) is 21.0. The largest absolute Gasteiger partial charge is 1.00 e. The van der Waals surface area contributed by atoms with Crippen LogP contribution in [0, 0.1) is 0 Å². The third kappa shape index (κ3) is 42.2. The molecule has 0 bridgehead atoms. The summed E-state index contributed by atoms with van der Waals surface area (Å²) in [5.74, 6) is 0. The Labute approximate surface area is 862 Å². The molecular weight excluding hydrogens is 1920 g/mol. The molecule has 9 rings (SSSR count). The average Bonchev–Trinajstić information content (AvgIpc) is 0.792. The molecule has 0 saturated heterocycles. The Bertz CT molecular complexity index is 4460. The Morgan fingerprint density at radius 1 is 0.161 bits per heavy atom. The van der Waals surface area contributed by atoms with Crippen molar-refractivity contribution in [2.24, 2.45) is 0 Å².